The minimum atomic E-state index is 0.00717. The fourth-order valence-corrected chi connectivity index (χ4v) is 0.461. The number of unbranched alkanes of at least 4 members (excludes halogenated alkanes) is 2. The van der Waals surface area contributed by atoms with E-state index < -0.39 is 0 Å². The molecular formula is C6H14N4. The molecule has 0 unspecified atom stereocenters. The van der Waals surface area contributed by atoms with E-state index in [4.69, 9.17) is 11.5 Å². The van der Waals surface area contributed by atoms with Gasteiger partial charge in [0.25, 0.3) is 0 Å². The summed E-state index contributed by atoms with van der Waals surface area (Å²) in [6.45, 7) is 2.12. The average Bonchev–Trinajstić information content (AvgIpc) is 1.87. The molecule has 0 rings (SSSR count). The monoisotopic (exact) mass is 142 g/mol. The van der Waals surface area contributed by atoms with Gasteiger partial charge < -0.3 is 11.5 Å². The van der Waals surface area contributed by atoms with Crippen molar-refractivity contribution in [1.82, 2.24) is 0 Å². The van der Waals surface area contributed by atoms with Crippen molar-refractivity contribution in [1.29, 1.82) is 0 Å². The van der Waals surface area contributed by atoms with Crippen molar-refractivity contribution in [3.63, 3.8) is 0 Å². The summed E-state index contributed by atoms with van der Waals surface area (Å²) in [7, 11) is 0. The van der Waals surface area contributed by atoms with E-state index in [1.54, 1.807) is 6.21 Å². The predicted molar refractivity (Wildman–Crippen MR) is 43.8 cm³/mol. The quantitative estimate of drug-likeness (QED) is 0.258. The third-order valence-corrected chi connectivity index (χ3v) is 0.942. The van der Waals surface area contributed by atoms with Crippen LogP contribution in [0.25, 0.3) is 0 Å². The van der Waals surface area contributed by atoms with Gasteiger partial charge in [0.2, 0.25) is 5.96 Å². The summed E-state index contributed by atoms with van der Waals surface area (Å²) in [4.78, 5) is 0. The van der Waals surface area contributed by atoms with Crippen LogP contribution in [0.15, 0.2) is 10.2 Å². The molecule has 0 aromatic carbocycles. The fraction of sp³-hybridized carbons (Fsp3) is 0.667. The number of nitrogens with zero attached hydrogens (tertiary/aromatic N) is 2. The molecule has 4 N–H and O–H groups in total. The molecule has 0 saturated carbocycles. The second-order valence-electron chi connectivity index (χ2n) is 1.97. The first kappa shape index (κ1) is 8.94. The van der Waals surface area contributed by atoms with E-state index in [0.717, 1.165) is 19.3 Å². The van der Waals surface area contributed by atoms with Crippen LogP contribution in [0.4, 0.5) is 0 Å². The minimum absolute atomic E-state index is 0.00717. The highest BCUT2D eigenvalue weighted by Gasteiger charge is 1.77. The second-order valence-corrected chi connectivity index (χ2v) is 1.97. The number of hydrogen-bond acceptors (Lipinski definition) is 2. The normalized spacial score (nSPS) is 10.1. The third-order valence-electron chi connectivity index (χ3n) is 0.942. The van der Waals surface area contributed by atoms with Gasteiger partial charge in [0.15, 0.2) is 0 Å². The number of rotatable bonds is 4. The molecule has 0 fully saturated rings. The van der Waals surface area contributed by atoms with Gasteiger partial charge in [-0.3, -0.25) is 0 Å². The van der Waals surface area contributed by atoms with Crippen molar-refractivity contribution >= 4 is 12.2 Å². The Labute approximate surface area is 61.0 Å². The van der Waals surface area contributed by atoms with E-state index >= 15 is 0 Å². The Balaban J connectivity index is 3.29. The fourth-order valence-electron chi connectivity index (χ4n) is 0.461. The van der Waals surface area contributed by atoms with Gasteiger partial charge >= 0.3 is 0 Å². The molecule has 0 atom stereocenters. The molecule has 0 aromatic rings. The van der Waals surface area contributed by atoms with Crippen LogP contribution in [0.2, 0.25) is 0 Å². The average molecular weight is 142 g/mol. The summed E-state index contributed by atoms with van der Waals surface area (Å²) in [6.07, 6.45) is 4.94. The van der Waals surface area contributed by atoms with E-state index in [-0.39, 0.29) is 5.96 Å². The Bertz CT molecular complexity index is 124. The molecule has 0 bridgehead atoms. The maximum Gasteiger partial charge on any atom is 0.211 e. The summed E-state index contributed by atoms with van der Waals surface area (Å²) in [5, 5.41) is 7.06. The molecule has 10 heavy (non-hydrogen) atoms. The largest absolute Gasteiger partial charge is 0.369 e. The molecule has 0 heterocycles. The van der Waals surface area contributed by atoms with Crippen molar-refractivity contribution < 1.29 is 0 Å². The molecule has 58 valence electrons. The van der Waals surface area contributed by atoms with Crippen LogP contribution in [-0.2, 0) is 0 Å². The van der Waals surface area contributed by atoms with Gasteiger partial charge in [-0.25, -0.2) is 0 Å². The SMILES string of the molecule is CCCC/C=N\N=C(N)N. The second kappa shape index (κ2) is 6.07. The summed E-state index contributed by atoms with van der Waals surface area (Å²) in [5.41, 5.74) is 10.0. The summed E-state index contributed by atoms with van der Waals surface area (Å²) in [6, 6.07) is 0. The molecule has 0 spiro atoms. The molecule has 0 aliphatic carbocycles. The van der Waals surface area contributed by atoms with Crippen LogP contribution in [0, 0.1) is 0 Å². The Morgan fingerprint density at radius 1 is 1.50 bits per heavy atom. The Morgan fingerprint density at radius 3 is 2.70 bits per heavy atom. The number of nitrogens with two attached hydrogens (primary N) is 2. The number of guanidine groups is 1. The topological polar surface area (TPSA) is 76.8 Å². The van der Waals surface area contributed by atoms with Gasteiger partial charge in [-0.2, -0.15) is 5.10 Å². The first-order valence-electron chi connectivity index (χ1n) is 3.37. The van der Waals surface area contributed by atoms with E-state index in [1.807, 2.05) is 0 Å². The van der Waals surface area contributed by atoms with Crippen LogP contribution < -0.4 is 11.5 Å². The van der Waals surface area contributed by atoms with Crippen molar-refractivity contribution in [2.24, 2.45) is 21.7 Å². The molecule has 4 nitrogen and oxygen atoms in total. The van der Waals surface area contributed by atoms with Crippen LogP contribution in [0.5, 0.6) is 0 Å². The molecular weight excluding hydrogens is 128 g/mol. The summed E-state index contributed by atoms with van der Waals surface area (Å²) >= 11 is 0. The Hall–Kier alpha value is -1.06. The van der Waals surface area contributed by atoms with Crippen LogP contribution in [-0.4, -0.2) is 12.2 Å². The highest BCUT2D eigenvalue weighted by molar-refractivity contribution is 5.76. The molecule has 0 aliphatic heterocycles. The van der Waals surface area contributed by atoms with Gasteiger partial charge in [-0.1, -0.05) is 13.3 Å². The van der Waals surface area contributed by atoms with Crippen molar-refractivity contribution in [2.45, 2.75) is 26.2 Å². The van der Waals surface area contributed by atoms with Crippen molar-refractivity contribution in [2.75, 3.05) is 0 Å². The third kappa shape index (κ3) is 6.94. The number of hydrogen-bond donors (Lipinski definition) is 2. The maximum absolute atomic E-state index is 5.02. The Kier molecular flexibility index (Phi) is 5.42. The zero-order chi connectivity index (χ0) is 7.82. The lowest BCUT2D eigenvalue weighted by atomic mass is 10.3. The highest BCUT2D eigenvalue weighted by Crippen LogP contribution is 1.89. The zero-order valence-electron chi connectivity index (χ0n) is 6.25. The predicted octanol–water partition coefficient (Wildman–Crippen LogP) is 0.436. The van der Waals surface area contributed by atoms with Gasteiger partial charge in [0.05, 0.1) is 0 Å². The molecule has 4 heteroatoms. The van der Waals surface area contributed by atoms with Crippen LogP contribution in [0.3, 0.4) is 0 Å². The first-order chi connectivity index (χ1) is 4.77. The summed E-state index contributed by atoms with van der Waals surface area (Å²) < 4.78 is 0. The molecule has 0 radical (unpaired) electrons. The lowest BCUT2D eigenvalue weighted by molar-refractivity contribution is 0.840. The molecule has 0 aliphatic rings. The van der Waals surface area contributed by atoms with Gasteiger partial charge in [-0.15, -0.1) is 5.10 Å². The maximum atomic E-state index is 5.02. The van der Waals surface area contributed by atoms with Crippen LogP contribution in [0.1, 0.15) is 26.2 Å². The zero-order valence-corrected chi connectivity index (χ0v) is 6.25. The lowest BCUT2D eigenvalue weighted by Gasteiger charge is -1.85. The van der Waals surface area contributed by atoms with Gasteiger partial charge in [0.1, 0.15) is 0 Å². The Morgan fingerprint density at radius 2 is 2.20 bits per heavy atom. The summed E-state index contributed by atoms with van der Waals surface area (Å²) in [5.74, 6) is 0.00717. The van der Waals surface area contributed by atoms with Gasteiger partial charge in [0, 0.05) is 6.21 Å². The van der Waals surface area contributed by atoms with Crippen molar-refractivity contribution in [3.8, 4) is 0 Å². The van der Waals surface area contributed by atoms with E-state index in [0.29, 0.717) is 0 Å². The smallest absolute Gasteiger partial charge is 0.211 e. The van der Waals surface area contributed by atoms with E-state index in [1.165, 1.54) is 0 Å². The minimum Gasteiger partial charge on any atom is -0.369 e. The lowest BCUT2D eigenvalue weighted by Crippen LogP contribution is -2.21. The van der Waals surface area contributed by atoms with E-state index in [2.05, 4.69) is 17.1 Å². The molecule has 0 aromatic heterocycles. The van der Waals surface area contributed by atoms with E-state index in [9.17, 15) is 0 Å². The van der Waals surface area contributed by atoms with Crippen molar-refractivity contribution in [3.05, 3.63) is 0 Å². The standard InChI is InChI=1S/C6H14N4/c1-2-3-4-5-9-10-6(7)8/h5H,2-4H2,1H3,(H4,7,8,10)/b9-5-. The van der Waals surface area contributed by atoms with Crippen LogP contribution >= 0.6 is 0 Å². The molecule has 0 saturated heterocycles. The first-order valence-corrected chi connectivity index (χ1v) is 3.37. The van der Waals surface area contributed by atoms with Gasteiger partial charge in [-0.05, 0) is 12.8 Å². The highest BCUT2D eigenvalue weighted by atomic mass is 15.3. The molecule has 0 amide bonds.